The van der Waals surface area contributed by atoms with Crippen molar-refractivity contribution in [3.63, 3.8) is 0 Å². The minimum absolute atomic E-state index is 0. The van der Waals surface area contributed by atoms with Crippen LogP contribution < -0.4 is 34.7 Å². The van der Waals surface area contributed by atoms with Gasteiger partial charge in [-0.25, -0.2) is 0 Å². The molecule has 3 N–H and O–H groups in total. The van der Waals surface area contributed by atoms with Crippen molar-refractivity contribution in [2.75, 3.05) is 0 Å². The fourth-order valence-corrected chi connectivity index (χ4v) is 11.7. The van der Waals surface area contributed by atoms with E-state index in [-0.39, 0.29) is 57.8 Å². The molecule has 1 aromatic carbocycles. The number of aromatic amines is 1. The van der Waals surface area contributed by atoms with Crippen LogP contribution in [-0.2, 0) is 27.8 Å². The summed E-state index contributed by atoms with van der Waals surface area (Å²) < 4.78 is 6.57. The van der Waals surface area contributed by atoms with Gasteiger partial charge in [-0.3, -0.25) is 0 Å². The number of allylic oxidation sites excluding steroid dienone is 4. The van der Waals surface area contributed by atoms with Crippen LogP contribution in [0.4, 0.5) is 0 Å². The molecule has 2 aromatic rings. The van der Waals surface area contributed by atoms with E-state index in [0.717, 1.165) is 43.2 Å². The molecule has 50 heavy (non-hydrogen) atoms. The number of carbonyl (C=O) groups is 1. The molecule has 2 saturated carbocycles. The van der Waals surface area contributed by atoms with E-state index in [2.05, 4.69) is 91.6 Å². The Morgan fingerprint density at radius 2 is 1.76 bits per heavy atom. The first-order valence-corrected chi connectivity index (χ1v) is 18.5. The maximum Gasteiger partial charge on any atom is 1.00 e. The number of rotatable bonds is 5. The number of carbonyl (C=O) groups excluding carboxylic acids is 1. The topological polar surface area (TPSA) is 106 Å². The van der Waals surface area contributed by atoms with Crippen LogP contribution in [-0.4, -0.2) is 38.5 Å². The fourth-order valence-electron chi connectivity index (χ4n) is 11.7. The van der Waals surface area contributed by atoms with E-state index in [1.165, 1.54) is 38.9 Å². The van der Waals surface area contributed by atoms with Gasteiger partial charge in [0.15, 0.2) is 0 Å². The number of H-pyrrole nitrogens is 1. The Labute approximate surface area is 320 Å². The first-order chi connectivity index (χ1) is 22.8. The molecule has 2 heterocycles. The van der Waals surface area contributed by atoms with Crippen molar-refractivity contribution >= 4 is 22.4 Å². The van der Waals surface area contributed by atoms with Crippen LogP contribution >= 0.6 is 0 Å². The van der Waals surface area contributed by atoms with Crippen LogP contribution in [0.2, 0.25) is 0 Å². The molecule has 6 nitrogen and oxygen atoms in total. The molecule has 0 radical (unpaired) electrons. The average Bonchev–Trinajstić information content (AvgIpc) is 3.60. The van der Waals surface area contributed by atoms with Crippen LogP contribution in [0.1, 0.15) is 129 Å². The molecule has 5 aliphatic rings. The fraction of sp³-hybridized carbons (Fsp3) is 0.605. The Kier molecular flexibility index (Phi) is 9.31. The van der Waals surface area contributed by atoms with E-state index >= 15 is 0 Å². The van der Waals surface area contributed by atoms with Crippen molar-refractivity contribution in [1.29, 1.82) is 0 Å². The van der Waals surface area contributed by atoms with Gasteiger partial charge in [-0.15, -0.1) is 0 Å². The Bertz CT molecular complexity index is 1870. The van der Waals surface area contributed by atoms with Gasteiger partial charge in [0.2, 0.25) is 0 Å². The van der Waals surface area contributed by atoms with Gasteiger partial charge in [0.1, 0.15) is 0 Å². The van der Waals surface area contributed by atoms with Gasteiger partial charge in [0, 0.05) is 33.3 Å². The average molecular weight is 690 g/mol. The molecule has 0 spiro atoms. The molecular formula is C43H56NNaO5. The largest absolute Gasteiger partial charge is 1.00 e. The second-order valence-corrected chi connectivity index (χ2v) is 18.1. The van der Waals surface area contributed by atoms with E-state index in [1.54, 1.807) is 13.0 Å². The molecule has 0 bridgehead atoms. The number of fused-ring (bicyclic) bond motifs is 10. The summed E-state index contributed by atoms with van der Waals surface area (Å²) in [5.74, 6) is -0.612. The summed E-state index contributed by atoms with van der Waals surface area (Å²) in [6, 6.07) is 2.39. The Morgan fingerprint density at radius 1 is 1.06 bits per heavy atom. The predicted octanol–water partition coefficient (Wildman–Crippen LogP) is 4.57. The summed E-state index contributed by atoms with van der Waals surface area (Å²) in [5, 5.41) is 36.4. The van der Waals surface area contributed by atoms with E-state index < -0.39 is 34.8 Å². The second-order valence-electron chi connectivity index (χ2n) is 18.1. The Balaban J connectivity index is 0.00000432. The standard InChI is InChI=1S/C43H57NO5.Na/c1-23(2)13-15-26-33-27(30-22-39(4,5)49-40(6,7)34(30)36(33)46)21-28-29-20-25-14-16-31-41(8,18-11-12-24(3)38(47)48)32(45)17-19-42(31,9)43(25,10)37(29)44-35(26)28;/h11-13,18,21-22,25,31-32,34,36,44-46H,14-17,19-20H2,1-10H3,(H,47,48);/q;+1/p-1/b18-11+,24-12+;/t25-,31-,32-,34+,36+,41-,42-,43+;/m0./s1. The van der Waals surface area contributed by atoms with Crippen molar-refractivity contribution in [2.24, 2.45) is 28.6 Å². The number of aliphatic hydroxyl groups excluding tert-OH is 2. The van der Waals surface area contributed by atoms with Crippen LogP contribution in [0.3, 0.4) is 0 Å². The maximum absolute atomic E-state index is 12.2. The Hall–Kier alpha value is -1.93. The zero-order valence-electron chi connectivity index (χ0n) is 32.2. The van der Waals surface area contributed by atoms with Gasteiger partial charge in [0.05, 0.1) is 29.4 Å². The third kappa shape index (κ3) is 5.28. The van der Waals surface area contributed by atoms with Gasteiger partial charge < -0.3 is 29.8 Å². The number of carboxylic acid groups (broad SMARTS) is 1. The van der Waals surface area contributed by atoms with Gasteiger partial charge in [0.25, 0.3) is 0 Å². The van der Waals surface area contributed by atoms with E-state index in [9.17, 15) is 20.1 Å². The zero-order valence-corrected chi connectivity index (χ0v) is 34.2. The SMILES string of the molecule is CC(C)=CCc1c2c(cc3c4c([nH]c13)[C@@]1(C)[C@@H](CC[C@H]3[C@](C)(/C=C/C=C(\C)C(=O)[O-])[C@@H](O)CC[C@@]31C)C4)C1=CC(C)(C)OC(C)(C)[C@H]1[C@@H]2O.[Na+]. The van der Waals surface area contributed by atoms with Crippen LogP contribution in [0.5, 0.6) is 0 Å². The number of benzene rings is 1. The molecule has 7 rings (SSSR count). The summed E-state index contributed by atoms with van der Waals surface area (Å²) in [6.45, 7) is 21.4. The Morgan fingerprint density at radius 3 is 2.42 bits per heavy atom. The molecule has 1 aromatic heterocycles. The third-order valence-electron chi connectivity index (χ3n) is 14.2. The van der Waals surface area contributed by atoms with Gasteiger partial charge >= 0.3 is 29.6 Å². The van der Waals surface area contributed by atoms with E-state index in [4.69, 9.17) is 4.74 Å². The monoisotopic (exact) mass is 689 g/mol. The first kappa shape index (κ1) is 37.8. The maximum atomic E-state index is 12.2. The molecule has 0 unspecified atom stereocenters. The molecule has 8 atom stereocenters. The number of aliphatic carboxylic acids is 1. The van der Waals surface area contributed by atoms with Crippen molar-refractivity contribution in [2.45, 2.75) is 137 Å². The van der Waals surface area contributed by atoms with Crippen molar-refractivity contribution in [1.82, 2.24) is 4.98 Å². The van der Waals surface area contributed by atoms with Gasteiger partial charge in [-0.2, -0.15) is 0 Å². The summed E-state index contributed by atoms with van der Waals surface area (Å²) in [7, 11) is 0. The molecule has 7 heteroatoms. The summed E-state index contributed by atoms with van der Waals surface area (Å²) in [4.78, 5) is 15.5. The number of ether oxygens (including phenoxy) is 1. The van der Waals surface area contributed by atoms with Crippen LogP contribution in [0.25, 0.3) is 16.5 Å². The smallest absolute Gasteiger partial charge is 0.545 e. The molecular weight excluding hydrogens is 633 g/mol. The number of aromatic nitrogens is 1. The van der Waals surface area contributed by atoms with Crippen molar-refractivity contribution in [3.05, 3.63) is 75.5 Å². The first-order valence-electron chi connectivity index (χ1n) is 18.5. The van der Waals surface area contributed by atoms with E-state index in [1.807, 2.05) is 6.08 Å². The molecule has 0 amide bonds. The van der Waals surface area contributed by atoms with Crippen molar-refractivity contribution < 1.29 is 54.4 Å². The van der Waals surface area contributed by atoms with E-state index in [0.29, 0.717) is 12.3 Å². The summed E-state index contributed by atoms with van der Waals surface area (Å²) in [6.07, 6.45) is 14.4. The minimum atomic E-state index is -1.17. The molecule has 2 fully saturated rings. The molecule has 264 valence electrons. The predicted molar refractivity (Wildman–Crippen MR) is 194 cm³/mol. The number of hydrogen-bond acceptors (Lipinski definition) is 5. The number of nitrogens with one attached hydrogen (secondary N) is 1. The summed E-state index contributed by atoms with van der Waals surface area (Å²) in [5.41, 5.74) is 8.27. The summed E-state index contributed by atoms with van der Waals surface area (Å²) >= 11 is 0. The number of hydrogen-bond donors (Lipinski definition) is 3. The molecule has 1 aliphatic heterocycles. The van der Waals surface area contributed by atoms with Crippen LogP contribution in [0.15, 0.2) is 47.6 Å². The second kappa shape index (κ2) is 12.3. The molecule has 4 aliphatic carbocycles. The number of aliphatic hydroxyl groups is 2. The van der Waals surface area contributed by atoms with Crippen LogP contribution in [0, 0.1) is 28.6 Å². The number of carboxylic acids is 1. The van der Waals surface area contributed by atoms with Crippen molar-refractivity contribution in [3.8, 4) is 0 Å². The van der Waals surface area contributed by atoms with Gasteiger partial charge in [-0.1, -0.05) is 50.6 Å². The zero-order chi connectivity index (χ0) is 35.6. The van der Waals surface area contributed by atoms with Gasteiger partial charge in [-0.05, 0) is 150 Å². The quantitative estimate of drug-likeness (QED) is 0.185. The third-order valence-corrected chi connectivity index (χ3v) is 14.2. The molecule has 0 saturated heterocycles. The minimum Gasteiger partial charge on any atom is -0.545 e. The normalized spacial score (nSPS) is 36.5.